The second kappa shape index (κ2) is 17.5. The van der Waals surface area contributed by atoms with Crippen LogP contribution in [0.15, 0.2) is 48.5 Å². The lowest BCUT2D eigenvalue weighted by atomic mass is 10.2. The van der Waals surface area contributed by atoms with Gasteiger partial charge < -0.3 is 43.4 Å². The summed E-state index contributed by atoms with van der Waals surface area (Å²) in [6.45, 7) is -0.834. The summed E-state index contributed by atoms with van der Waals surface area (Å²) in [5.41, 5.74) is -0.0853. The first-order valence-corrected chi connectivity index (χ1v) is 12.4. The van der Waals surface area contributed by atoms with E-state index >= 15 is 0 Å². The lowest BCUT2D eigenvalue weighted by molar-refractivity contribution is -0.275. The Morgan fingerprint density at radius 2 is 0.884 bits per heavy atom. The third-order valence-electron chi connectivity index (χ3n) is 4.83. The van der Waals surface area contributed by atoms with Crippen molar-refractivity contribution in [1.29, 1.82) is 0 Å². The van der Waals surface area contributed by atoms with E-state index in [1.165, 1.54) is 0 Å². The van der Waals surface area contributed by atoms with E-state index in [2.05, 4.69) is 9.47 Å². The number of carbonyl (C=O) groups is 2. The molecular formula is C26H28F6O11. The van der Waals surface area contributed by atoms with E-state index in [9.17, 15) is 46.1 Å². The molecule has 0 aliphatic heterocycles. The first kappa shape index (κ1) is 35.6. The molecule has 17 heteroatoms. The second-order valence-corrected chi connectivity index (χ2v) is 8.41. The van der Waals surface area contributed by atoms with Gasteiger partial charge in [0.2, 0.25) is 0 Å². The minimum atomic E-state index is -4.86. The third-order valence-corrected chi connectivity index (χ3v) is 4.83. The van der Waals surface area contributed by atoms with Crippen molar-refractivity contribution >= 4 is 11.9 Å². The normalized spacial score (nSPS) is 13.2. The predicted molar refractivity (Wildman–Crippen MR) is 131 cm³/mol. The quantitative estimate of drug-likeness (QED) is 0.143. The molecule has 43 heavy (non-hydrogen) atoms. The maximum Gasteiger partial charge on any atom is 0.573 e. The van der Waals surface area contributed by atoms with Crippen molar-refractivity contribution in [2.45, 2.75) is 24.9 Å². The standard InChI is InChI=1S/C26H28F6O11/c27-25(28,29)42-21-5-1-17(2-6-21)23(35)40-15-19(33)13-38-11-9-37-10-12-39-14-20(34)16-41-24(36)18-3-7-22(8-4-18)43-26(30,31)32/h1-8,19-20,33-34H,9-16H2. The number of carbonyl (C=O) groups excluding carboxylic acids is 2. The summed E-state index contributed by atoms with van der Waals surface area (Å²) >= 11 is 0. The SMILES string of the molecule is O=C(OCC(O)COCCOCCOCC(O)COC(=O)c1ccc(OC(F)(F)F)cc1)c1ccc(OC(F)(F)F)cc1. The molecular weight excluding hydrogens is 602 g/mol. The highest BCUT2D eigenvalue weighted by Gasteiger charge is 2.31. The summed E-state index contributed by atoms with van der Waals surface area (Å²) in [5.74, 6) is -2.73. The Morgan fingerprint density at radius 3 is 1.21 bits per heavy atom. The Bertz CT molecular complexity index is 1020. The molecule has 240 valence electrons. The number of benzene rings is 2. The molecule has 0 heterocycles. The van der Waals surface area contributed by atoms with Crippen molar-refractivity contribution < 1.29 is 79.3 Å². The van der Waals surface area contributed by atoms with Gasteiger partial charge in [-0.3, -0.25) is 0 Å². The Kier molecular flexibility index (Phi) is 14.4. The predicted octanol–water partition coefficient (Wildman–Crippen LogP) is 3.27. The highest BCUT2D eigenvalue weighted by atomic mass is 19.4. The smallest absolute Gasteiger partial charge is 0.459 e. The van der Waals surface area contributed by atoms with Crippen LogP contribution in [0.2, 0.25) is 0 Å². The van der Waals surface area contributed by atoms with E-state index in [0.29, 0.717) is 0 Å². The van der Waals surface area contributed by atoms with Crippen LogP contribution in [-0.2, 0) is 23.7 Å². The maximum absolute atomic E-state index is 12.2. The Labute approximate surface area is 240 Å². The molecule has 0 amide bonds. The van der Waals surface area contributed by atoms with Crippen LogP contribution in [0.5, 0.6) is 11.5 Å². The third kappa shape index (κ3) is 16.0. The molecule has 2 rings (SSSR count). The van der Waals surface area contributed by atoms with E-state index in [0.717, 1.165) is 48.5 Å². The highest BCUT2D eigenvalue weighted by molar-refractivity contribution is 5.90. The van der Waals surface area contributed by atoms with Crippen molar-refractivity contribution in [3.63, 3.8) is 0 Å². The molecule has 2 aromatic carbocycles. The molecule has 0 saturated carbocycles. The van der Waals surface area contributed by atoms with Gasteiger partial charge in [0.25, 0.3) is 0 Å². The van der Waals surface area contributed by atoms with E-state index in [4.69, 9.17) is 23.7 Å². The summed E-state index contributed by atoms with van der Waals surface area (Å²) in [4.78, 5) is 23.8. The number of aliphatic hydroxyl groups excluding tert-OH is 2. The zero-order valence-corrected chi connectivity index (χ0v) is 22.3. The second-order valence-electron chi connectivity index (χ2n) is 8.41. The van der Waals surface area contributed by atoms with Gasteiger partial charge in [0.15, 0.2) is 0 Å². The number of ether oxygens (including phenoxy) is 7. The molecule has 2 atom stereocenters. The highest BCUT2D eigenvalue weighted by Crippen LogP contribution is 2.24. The van der Waals surface area contributed by atoms with Crippen molar-refractivity contribution in [2.75, 3.05) is 52.9 Å². The van der Waals surface area contributed by atoms with Crippen LogP contribution in [0.3, 0.4) is 0 Å². The van der Waals surface area contributed by atoms with Crippen molar-refractivity contribution in [2.24, 2.45) is 0 Å². The zero-order valence-electron chi connectivity index (χ0n) is 22.3. The van der Waals surface area contributed by atoms with E-state index in [-0.39, 0.29) is 50.8 Å². The van der Waals surface area contributed by atoms with Gasteiger partial charge in [-0.15, -0.1) is 26.3 Å². The molecule has 0 aromatic heterocycles. The van der Waals surface area contributed by atoms with Gasteiger partial charge in [0.1, 0.15) is 36.9 Å². The number of hydrogen-bond donors (Lipinski definition) is 2. The van der Waals surface area contributed by atoms with Gasteiger partial charge in [-0.2, -0.15) is 0 Å². The van der Waals surface area contributed by atoms with Gasteiger partial charge in [0, 0.05) is 0 Å². The van der Waals surface area contributed by atoms with Gasteiger partial charge in [-0.25, -0.2) is 9.59 Å². The minimum Gasteiger partial charge on any atom is -0.459 e. The van der Waals surface area contributed by atoms with Crippen molar-refractivity contribution in [1.82, 2.24) is 0 Å². The molecule has 0 spiro atoms. The fourth-order valence-corrected chi connectivity index (χ4v) is 2.97. The van der Waals surface area contributed by atoms with Gasteiger partial charge >= 0.3 is 24.7 Å². The molecule has 0 bridgehead atoms. The topological polar surface area (TPSA) is 139 Å². The molecule has 2 unspecified atom stereocenters. The summed E-state index contributed by atoms with van der Waals surface area (Å²) < 4.78 is 106. The molecule has 11 nitrogen and oxygen atoms in total. The van der Waals surface area contributed by atoms with Crippen LogP contribution >= 0.6 is 0 Å². The van der Waals surface area contributed by atoms with Crippen LogP contribution < -0.4 is 9.47 Å². The average molecular weight is 630 g/mol. The number of hydrogen-bond acceptors (Lipinski definition) is 11. The van der Waals surface area contributed by atoms with Gasteiger partial charge in [0.05, 0.1) is 50.8 Å². The molecule has 0 fully saturated rings. The number of halogens is 6. The van der Waals surface area contributed by atoms with Crippen molar-refractivity contribution in [3.05, 3.63) is 59.7 Å². The molecule has 0 saturated heterocycles. The van der Waals surface area contributed by atoms with Crippen LogP contribution in [0.25, 0.3) is 0 Å². The monoisotopic (exact) mass is 630 g/mol. The Hall–Kier alpha value is -3.64. The largest absolute Gasteiger partial charge is 0.573 e. The summed E-state index contributed by atoms with van der Waals surface area (Å²) in [6, 6.07) is 8.10. The zero-order chi connectivity index (χ0) is 31.9. The van der Waals surface area contributed by atoms with Crippen molar-refractivity contribution in [3.8, 4) is 11.5 Å². The van der Waals surface area contributed by atoms with Gasteiger partial charge in [-0.05, 0) is 48.5 Å². The minimum absolute atomic E-state index is 0.0427. The van der Waals surface area contributed by atoms with Crippen LogP contribution in [0.1, 0.15) is 20.7 Å². The summed E-state index contributed by atoms with van der Waals surface area (Å²) in [7, 11) is 0. The molecule has 0 radical (unpaired) electrons. The number of rotatable bonds is 18. The van der Waals surface area contributed by atoms with Crippen LogP contribution in [-0.4, -0.2) is 99.9 Å². The summed E-state index contributed by atoms with van der Waals surface area (Å²) in [6.07, 6.45) is -12.1. The van der Waals surface area contributed by atoms with Crippen LogP contribution in [0, 0.1) is 0 Å². The summed E-state index contributed by atoms with van der Waals surface area (Å²) in [5, 5.41) is 19.7. The van der Waals surface area contributed by atoms with E-state index in [1.54, 1.807) is 0 Å². The Balaban J connectivity index is 1.46. The fourth-order valence-electron chi connectivity index (χ4n) is 2.97. The fraction of sp³-hybridized carbons (Fsp3) is 0.462. The van der Waals surface area contributed by atoms with E-state index < -0.39 is 61.6 Å². The molecule has 2 N–H and O–H groups in total. The molecule has 2 aromatic rings. The Morgan fingerprint density at radius 1 is 0.558 bits per heavy atom. The van der Waals surface area contributed by atoms with Gasteiger partial charge in [-0.1, -0.05) is 0 Å². The maximum atomic E-state index is 12.2. The number of alkyl halides is 6. The first-order valence-electron chi connectivity index (χ1n) is 12.4. The van der Waals surface area contributed by atoms with Crippen LogP contribution in [0.4, 0.5) is 26.3 Å². The lowest BCUT2D eigenvalue weighted by Gasteiger charge is -2.13. The first-order chi connectivity index (χ1) is 20.2. The lowest BCUT2D eigenvalue weighted by Crippen LogP contribution is -2.25. The van der Waals surface area contributed by atoms with E-state index in [1.807, 2.05) is 0 Å². The molecule has 0 aliphatic carbocycles. The molecule has 0 aliphatic rings. The average Bonchev–Trinajstić information content (AvgIpc) is 2.92. The number of aliphatic hydroxyl groups is 2. The number of esters is 2.